The van der Waals surface area contributed by atoms with Crippen molar-refractivity contribution in [1.29, 1.82) is 0 Å². The van der Waals surface area contributed by atoms with Crippen LogP contribution in [0, 0.1) is 11.8 Å². The lowest BCUT2D eigenvalue weighted by molar-refractivity contribution is -0.129. The lowest BCUT2D eigenvalue weighted by Crippen LogP contribution is -2.41. The van der Waals surface area contributed by atoms with E-state index in [1.165, 1.54) is 4.90 Å². The van der Waals surface area contributed by atoms with Crippen LogP contribution < -0.4 is 9.64 Å². The minimum atomic E-state index is -0.566. The van der Waals surface area contributed by atoms with E-state index in [1.54, 1.807) is 24.3 Å². The highest BCUT2D eigenvalue weighted by Gasteiger charge is 2.61. The second-order valence-electron chi connectivity index (χ2n) is 8.40. The van der Waals surface area contributed by atoms with Crippen LogP contribution in [0.4, 0.5) is 5.69 Å². The summed E-state index contributed by atoms with van der Waals surface area (Å²) in [5, 5.41) is 0. The molecule has 0 aromatic heterocycles. The third-order valence-corrected chi connectivity index (χ3v) is 6.93. The number of esters is 1. The van der Waals surface area contributed by atoms with E-state index in [2.05, 4.69) is 30.8 Å². The number of amides is 2. The van der Waals surface area contributed by atoms with Crippen molar-refractivity contribution >= 4 is 23.5 Å². The predicted octanol–water partition coefficient (Wildman–Crippen LogP) is 4.17. The van der Waals surface area contributed by atoms with Gasteiger partial charge in [0.15, 0.2) is 0 Å². The summed E-state index contributed by atoms with van der Waals surface area (Å²) in [6.45, 7) is 3.38. The summed E-state index contributed by atoms with van der Waals surface area (Å²) < 4.78 is 5.11. The maximum absolute atomic E-state index is 13.7. The highest BCUT2D eigenvalue weighted by Crippen LogP contribution is 2.61. The zero-order chi connectivity index (χ0) is 22.0. The van der Waals surface area contributed by atoms with Crippen molar-refractivity contribution in [3.8, 4) is 5.75 Å². The van der Waals surface area contributed by atoms with Gasteiger partial charge >= 0.3 is 5.97 Å². The molecule has 1 aliphatic heterocycles. The first-order valence-electron chi connectivity index (χ1n) is 10.6. The van der Waals surface area contributed by atoms with E-state index in [-0.39, 0.29) is 23.7 Å². The van der Waals surface area contributed by atoms with E-state index < -0.39 is 17.8 Å². The molecule has 5 nitrogen and oxygen atoms in total. The first kappa shape index (κ1) is 18.8. The maximum atomic E-state index is 13.7. The summed E-state index contributed by atoms with van der Waals surface area (Å²) >= 11 is 0. The van der Waals surface area contributed by atoms with Gasteiger partial charge in [-0.1, -0.05) is 55.1 Å². The van der Waals surface area contributed by atoms with Gasteiger partial charge in [0.05, 0.1) is 17.5 Å². The minimum Gasteiger partial charge on any atom is -0.423 e. The van der Waals surface area contributed by atoms with E-state index in [0.717, 1.165) is 28.3 Å². The van der Waals surface area contributed by atoms with Crippen molar-refractivity contribution in [1.82, 2.24) is 0 Å². The van der Waals surface area contributed by atoms with E-state index in [0.29, 0.717) is 11.4 Å². The third-order valence-electron chi connectivity index (χ3n) is 6.93. The van der Waals surface area contributed by atoms with E-state index in [9.17, 15) is 14.4 Å². The SMILES string of the molecule is C=CC(=O)Oc1ccc(N2C(=O)[C@@H]3C4c5ccccc5C(c5ccccc54)[C@H]3C2=O)cc1. The molecule has 1 saturated heterocycles. The number of rotatable bonds is 3. The zero-order valence-corrected chi connectivity index (χ0v) is 17.1. The molecule has 5 heteroatoms. The second-order valence-corrected chi connectivity index (χ2v) is 8.40. The quantitative estimate of drug-likeness (QED) is 0.276. The van der Waals surface area contributed by atoms with Crippen LogP contribution in [0.3, 0.4) is 0 Å². The van der Waals surface area contributed by atoms with Crippen molar-refractivity contribution < 1.29 is 19.1 Å². The molecule has 3 aromatic carbocycles. The molecule has 3 aromatic rings. The lowest BCUT2D eigenvalue weighted by Gasteiger charge is -2.45. The van der Waals surface area contributed by atoms with Crippen LogP contribution in [0.25, 0.3) is 0 Å². The summed E-state index contributed by atoms with van der Waals surface area (Å²) in [6, 6.07) is 22.8. The zero-order valence-electron chi connectivity index (χ0n) is 17.1. The molecule has 3 aliphatic carbocycles. The van der Waals surface area contributed by atoms with Crippen molar-refractivity contribution in [2.45, 2.75) is 11.8 Å². The molecule has 32 heavy (non-hydrogen) atoms. The number of imide groups is 1. The molecule has 0 saturated carbocycles. The highest BCUT2D eigenvalue weighted by molar-refractivity contribution is 6.23. The topological polar surface area (TPSA) is 63.7 Å². The molecule has 1 heterocycles. The Hall–Kier alpha value is -3.99. The van der Waals surface area contributed by atoms with Gasteiger partial charge in [-0.05, 0) is 46.5 Å². The molecule has 2 atom stereocenters. The fraction of sp³-hybridized carbons (Fsp3) is 0.148. The highest BCUT2D eigenvalue weighted by atomic mass is 16.5. The van der Waals surface area contributed by atoms with Gasteiger partial charge in [0.2, 0.25) is 11.8 Å². The van der Waals surface area contributed by atoms with Crippen LogP contribution in [0.1, 0.15) is 34.1 Å². The van der Waals surface area contributed by atoms with Crippen molar-refractivity contribution in [3.05, 3.63) is 108 Å². The van der Waals surface area contributed by atoms with E-state index in [1.807, 2.05) is 24.3 Å². The van der Waals surface area contributed by atoms with Gasteiger partial charge in [-0.3, -0.25) is 9.59 Å². The van der Waals surface area contributed by atoms with Crippen LogP contribution in [-0.4, -0.2) is 17.8 Å². The molecule has 2 bridgehead atoms. The van der Waals surface area contributed by atoms with Gasteiger partial charge in [0.25, 0.3) is 0 Å². The van der Waals surface area contributed by atoms with Crippen molar-refractivity contribution in [2.75, 3.05) is 4.90 Å². The van der Waals surface area contributed by atoms with Gasteiger partial charge in [-0.25, -0.2) is 9.69 Å². The van der Waals surface area contributed by atoms with E-state index in [4.69, 9.17) is 4.74 Å². The molecular formula is C27H19NO4. The lowest BCUT2D eigenvalue weighted by atomic mass is 9.55. The molecule has 0 spiro atoms. The van der Waals surface area contributed by atoms with Crippen LogP contribution >= 0.6 is 0 Å². The number of hydrogen-bond donors (Lipinski definition) is 0. The number of nitrogens with zero attached hydrogens (tertiary/aromatic N) is 1. The fourth-order valence-electron chi connectivity index (χ4n) is 5.75. The maximum Gasteiger partial charge on any atom is 0.335 e. The fourth-order valence-corrected chi connectivity index (χ4v) is 5.75. The number of hydrogen-bond acceptors (Lipinski definition) is 4. The third kappa shape index (κ3) is 2.42. The molecule has 2 amide bonds. The first-order chi connectivity index (χ1) is 15.6. The van der Waals surface area contributed by atoms with Crippen LogP contribution in [-0.2, 0) is 14.4 Å². The second kappa shape index (κ2) is 6.76. The Balaban J connectivity index is 1.43. The van der Waals surface area contributed by atoms with Crippen LogP contribution in [0.2, 0.25) is 0 Å². The summed E-state index contributed by atoms with van der Waals surface area (Å²) in [6.07, 6.45) is 1.08. The molecule has 0 N–H and O–H groups in total. The largest absolute Gasteiger partial charge is 0.423 e. The Kier molecular flexibility index (Phi) is 3.96. The molecule has 0 radical (unpaired) electrons. The minimum absolute atomic E-state index is 0.133. The Morgan fingerprint density at radius 1 is 0.750 bits per heavy atom. The summed E-state index contributed by atoms with van der Waals surface area (Å²) in [5.74, 6) is -1.69. The van der Waals surface area contributed by atoms with Crippen molar-refractivity contribution in [3.63, 3.8) is 0 Å². The Bertz CT molecular complexity index is 1190. The molecule has 1 fully saturated rings. The smallest absolute Gasteiger partial charge is 0.335 e. The van der Waals surface area contributed by atoms with Crippen LogP contribution in [0.15, 0.2) is 85.5 Å². The number of carbonyl (C=O) groups excluding carboxylic acids is 3. The average Bonchev–Trinajstić information content (AvgIpc) is 3.10. The summed E-state index contributed by atoms with van der Waals surface area (Å²) in [4.78, 5) is 40.1. The van der Waals surface area contributed by atoms with Gasteiger partial charge in [0.1, 0.15) is 5.75 Å². The molecule has 0 unspecified atom stereocenters. The Morgan fingerprint density at radius 3 is 1.59 bits per heavy atom. The number of carbonyl (C=O) groups is 3. The van der Waals surface area contributed by atoms with Crippen molar-refractivity contribution in [2.24, 2.45) is 11.8 Å². The Labute approximate surface area is 184 Å². The van der Waals surface area contributed by atoms with E-state index >= 15 is 0 Å². The summed E-state index contributed by atoms with van der Waals surface area (Å²) in [5.41, 5.74) is 5.07. The molecular weight excluding hydrogens is 402 g/mol. The first-order valence-corrected chi connectivity index (χ1v) is 10.6. The van der Waals surface area contributed by atoms with Crippen LogP contribution in [0.5, 0.6) is 5.75 Å². The number of benzene rings is 3. The number of anilines is 1. The average molecular weight is 421 g/mol. The Morgan fingerprint density at radius 2 is 1.19 bits per heavy atom. The van der Waals surface area contributed by atoms with Gasteiger partial charge in [0, 0.05) is 17.9 Å². The summed E-state index contributed by atoms with van der Waals surface area (Å²) in [7, 11) is 0. The predicted molar refractivity (Wildman–Crippen MR) is 118 cm³/mol. The number of ether oxygens (including phenoxy) is 1. The molecule has 7 rings (SSSR count). The van der Waals surface area contributed by atoms with Gasteiger partial charge in [-0.15, -0.1) is 0 Å². The molecule has 156 valence electrons. The molecule has 4 aliphatic rings. The van der Waals surface area contributed by atoms with Gasteiger partial charge in [-0.2, -0.15) is 0 Å². The standard InChI is InChI=1S/C27H19NO4/c1-2-21(29)32-16-13-11-15(12-14-16)28-26(30)24-22-17-7-3-4-8-18(17)23(25(24)27(28)31)20-10-6-5-9-19(20)22/h2-14,22-25H,1H2/t22?,23?,24-,25-/m1/s1. The monoisotopic (exact) mass is 421 g/mol. The normalized spacial score (nSPS) is 24.6. The van der Waals surface area contributed by atoms with Gasteiger partial charge < -0.3 is 4.74 Å².